The Hall–Kier alpha value is -0.110. The largest absolute Gasteiger partial charge is 0.327 e. The molecule has 1 rings (SSSR count). The zero-order valence-electron chi connectivity index (χ0n) is 10.8. The van der Waals surface area contributed by atoms with E-state index in [0.717, 1.165) is 12.8 Å². The summed E-state index contributed by atoms with van der Waals surface area (Å²) in [5, 5.41) is 0. The van der Waals surface area contributed by atoms with Crippen LogP contribution in [0.3, 0.4) is 0 Å². The topological polar surface area (TPSA) is 26.0 Å². The van der Waals surface area contributed by atoms with Crippen LogP contribution in [0.1, 0.15) is 77.6 Å². The summed E-state index contributed by atoms with van der Waals surface area (Å²) in [6.07, 6.45) is 12.2. The fourth-order valence-electron chi connectivity index (χ4n) is 2.66. The Labute approximate surface area is 100.0 Å². The summed E-state index contributed by atoms with van der Waals surface area (Å²) in [4.78, 5) is 0. The lowest BCUT2D eigenvalue weighted by Crippen LogP contribution is -2.48. The summed E-state index contributed by atoms with van der Waals surface area (Å²) in [6, 6.07) is 0.138. The van der Waals surface area contributed by atoms with Gasteiger partial charge in [0, 0.05) is 6.04 Å². The highest BCUT2D eigenvalue weighted by Crippen LogP contribution is 2.39. The molecule has 0 bridgehead atoms. The van der Waals surface area contributed by atoms with Gasteiger partial charge in [-0.3, -0.25) is 0 Å². The third-order valence-electron chi connectivity index (χ3n) is 3.73. The van der Waals surface area contributed by atoms with Crippen LogP contribution in [-0.4, -0.2) is 11.7 Å². The van der Waals surface area contributed by atoms with E-state index in [9.17, 15) is 4.39 Å². The van der Waals surface area contributed by atoms with Crippen LogP contribution in [0.15, 0.2) is 0 Å². The van der Waals surface area contributed by atoms with Crippen molar-refractivity contribution >= 4 is 0 Å². The first-order chi connectivity index (χ1) is 7.66. The van der Waals surface area contributed by atoms with Gasteiger partial charge in [-0.2, -0.15) is 0 Å². The van der Waals surface area contributed by atoms with E-state index in [-0.39, 0.29) is 6.04 Å². The summed E-state index contributed by atoms with van der Waals surface area (Å²) in [6.45, 7) is 2.24. The lowest BCUT2D eigenvalue weighted by Gasteiger charge is -2.39. The highest BCUT2D eigenvalue weighted by atomic mass is 19.1. The molecule has 1 aliphatic carbocycles. The molecule has 0 aromatic rings. The first kappa shape index (κ1) is 14.0. The van der Waals surface area contributed by atoms with Gasteiger partial charge in [-0.05, 0) is 19.3 Å². The van der Waals surface area contributed by atoms with Crippen molar-refractivity contribution in [1.82, 2.24) is 0 Å². The van der Waals surface area contributed by atoms with E-state index in [1.165, 1.54) is 44.9 Å². The minimum absolute atomic E-state index is 0.138. The van der Waals surface area contributed by atoms with Gasteiger partial charge < -0.3 is 5.73 Å². The molecule has 16 heavy (non-hydrogen) atoms. The molecule has 0 aliphatic heterocycles. The van der Waals surface area contributed by atoms with Crippen molar-refractivity contribution in [2.75, 3.05) is 0 Å². The molecule has 1 nitrogen and oxygen atoms in total. The normalized spacial score (nSPS) is 29.1. The Kier molecular flexibility index (Phi) is 6.33. The van der Waals surface area contributed by atoms with Crippen molar-refractivity contribution in [2.45, 2.75) is 89.3 Å². The van der Waals surface area contributed by atoms with Crippen LogP contribution < -0.4 is 5.73 Å². The van der Waals surface area contributed by atoms with Crippen LogP contribution in [0.5, 0.6) is 0 Å². The number of halogens is 1. The van der Waals surface area contributed by atoms with Gasteiger partial charge in [-0.25, -0.2) is 4.39 Å². The number of hydrogen-bond acceptors (Lipinski definition) is 1. The molecule has 0 amide bonds. The summed E-state index contributed by atoms with van der Waals surface area (Å²) in [7, 11) is 0. The second kappa shape index (κ2) is 7.26. The molecular weight excluding hydrogens is 201 g/mol. The van der Waals surface area contributed by atoms with Crippen molar-refractivity contribution in [3.63, 3.8) is 0 Å². The lowest BCUT2D eigenvalue weighted by atomic mass is 9.75. The molecule has 0 saturated heterocycles. The molecule has 2 heteroatoms. The third-order valence-corrected chi connectivity index (χ3v) is 3.73. The first-order valence-electron chi connectivity index (χ1n) is 7.11. The third kappa shape index (κ3) is 5.29. The molecule has 0 heterocycles. The number of nitrogens with two attached hydrogens (primary N) is 1. The maximum atomic E-state index is 13.8. The zero-order valence-corrected chi connectivity index (χ0v) is 10.8. The summed E-state index contributed by atoms with van der Waals surface area (Å²) in [5.41, 5.74) is 4.73. The van der Waals surface area contributed by atoms with E-state index >= 15 is 0 Å². The average Bonchev–Trinajstić information content (AvgIpc) is 2.20. The fourth-order valence-corrected chi connectivity index (χ4v) is 2.66. The average molecular weight is 229 g/mol. The number of hydrogen-bond donors (Lipinski definition) is 1. The Bertz CT molecular complexity index is 176. The van der Waals surface area contributed by atoms with Crippen LogP contribution in [0, 0.1) is 0 Å². The maximum absolute atomic E-state index is 13.8. The number of alkyl halides is 1. The lowest BCUT2D eigenvalue weighted by molar-refractivity contribution is 0.0324. The van der Waals surface area contributed by atoms with Gasteiger partial charge in [-0.1, -0.05) is 58.3 Å². The predicted molar refractivity (Wildman–Crippen MR) is 68.3 cm³/mol. The summed E-state index contributed by atoms with van der Waals surface area (Å²) < 4.78 is 13.8. The molecule has 2 N–H and O–H groups in total. The van der Waals surface area contributed by atoms with Crippen LogP contribution in [-0.2, 0) is 0 Å². The monoisotopic (exact) mass is 229 g/mol. The second-order valence-corrected chi connectivity index (χ2v) is 5.54. The van der Waals surface area contributed by atoms with E-state index < -0.39 is 5.67 Å². The van der Waals surface area contributed by atoms with E-state index in [4.69, 9.17) is 5.73 Å². The van der Waals surface area contributed by atoms with Gasteiger partial charge in [0.25, 0.3) is 0 Å². The van der Waals surface area contributed by atoms with Crippen molar-refractivity contribution in [2.24, 2.45) is 5.73 Å². The van der Waals surface area contributed by atoms with Crippen molar-refractivity contribution in [3.05, 3.63) is 0 Å². The smallest absolute Gasteiger partial charge is 0.114 e. The van der Waals surface area contributed by atoms with Crippen LogP contribution >= 0.6 is 0 Å². The predicted octanol–water partition coefficient (Wildman–Crippen LogP) is 4.35. The molecule has 0 unspecified atom stereocenters. The number of rotatable bonds is 9. The Morgan fingerprint density at radius 3 is 2.00 bits per heavy atom. The molecule has 0 aromatic heterocycles. The minimum Gasteiger partial charge on any atom is -0.327 e. The van der Waals surface area contributed by atoms with E-state index in [0.29, 0.717) is 12.8 Å². The van der Waals surface area contributed by atoms with Gasteiger partial charge in [-0.15, -0.1) is 0 Å². The minimum atomic E-state index is -0.887. The second-order valence-electron chi connectivity index (χ2n) is 5.54. The van der Waals surface area contributed by atoms with Gasteiger partial charge in [0.2, 0.25) is 0 Å². The van der Waals surface area contributed by atoms with Gasteiger partial charge >= 0.3 is 0 Å². The van der Waals surface area contributed by atoms with Crippen LogP contribution in [0.4, 0.5) is 4.39 Å². The Morgan fingerprint density at radius 1 is 1.00 bits per heavy atom. The van der Waals surface area contributed by atoms with Gasteiger partial charge in [0.15, 0.2) is 0 Å². The maximum Gasteiger partial charge on any atom is 0.114 e. The molecule has 0 aromatic carbocycles. The molecular formula is C14H28FN. The van der Waals surface area contributed by atoms with Crippen LogP contribution in [0.25, 0.3) is 0 Å². The van der Waals surface area contributed by atoms with E-state index in [2.05, 4.69) is 6.92 Å². The quantitative estimate of drug-likeness (QED) is 0.584. The molecule has 1 fully saturated rings. The van der Waals surface area contributed by atoms with Crippen LogP contribution in [0.2, 0.25) is 0 Å². The highest BCUT2D eigenvalue weighted by molar-refractivity contribution is 4.96. The first-order valence-corrected chi connectivity index (χ1v) is 7.11. The summed E-state index contributed by atoms with van der Waals surface area (Å²) in [5.74, 6) is 0. The molecule has 96 valence electrons. The van der Waals surface area contributed by atoms with Gasteiger partial charge in [0.05, 0.1) is 0 Å². The zero-order chi connectivity index (χ0) is 11.9. The van der Waals surface area contributed by atoms with Crippen molar-refractivity contribution in [3.8, 4) is 0 Å². The Morgan fingerprint density at radius 2 is 1.50 bits per heavy atom. The molecule has 0 radical (unpaired) electrons. The van der Waals surface area contributed by atoms with E-state index in [1.54, 1.807) is 0 Å². The van der Waals surface area contributed by atoms with E-state index in [1.807, 2.05) is 0 Å². The standard InChI is InChI=1S/C14H28FN/c1-2-3-4-5-6-7-8-9-10-14(15)11-13(16)12-14/h13H,2-12,16H2,1H3. The van der Waals surface area contributed by atoms with Gasteiger partial charge in [0.1, 0.15) is 5.67 Å². The fraction of sp³-hybridized carbons (Fsp3) is 1.00. The Balaban J connectivity index is 1.81. The van der Waals surface area contributed by atoms with Crippen molar-refractivity contribution < 1.29 is 4.39 Å². The molecule has 1 saturated carbocycles. The SMILES string of the molecule is CCCCCCCCCCC1(F)CC(N)C1. The molecule has 1 aliphatic rings. The molecule has 0 spiro atoms. The summed E-state index contributed by atoms with van der Waals surface area (Å²) >= 11 is 0. The molecule has 0 atom stereocenters. The van der Waals surface area contributed by atoms with Crippen molar-refractivity contribution in [1.29, 1.82) is 0 Å². The number of unbranched alkanes of at least 4 members (excludes halogenated alkanes) is 7. The highest BCUT2D eigenvalue weighted by Gasteiger charge is 2.41.